The first-order valence-corrected chi connectivity index (χ1v) is 9.17. The quantitative estimate of drug-likeness (QED) is 0.545. The fourth-order valence-electron chi connectivity index (χ4n) is 2.44. The smallest absolute Gasteiger partial charge is 0.387 e. The molecule has 0 bridgehead atoms. The van der Waals surface area contributed by atoms with Crippen LogP contribution in [0.2, 0.25) is 0 Å². The summed E-state index contributed by atoms with van der Waals surface area (Å²) in [5.74, 6) is 0.419. The van der Waals surface area contributed by atoms with E-state index >= 15 is 0 Å². The molecule has 0 aliphatic heterocycles. The number of rotatable bonds is 8. The summed E-state index contributed by atoms with van der Waals surface area (Å²) in [6.07, 6.45) is 1.46. The van der Waals surface area contributed by atoms with Crippen molar-refractivity contribution in [2.24, 2.45) is 0 Å². The number of carbonyl (C=O) groups is 1. The maximum absolute atomic E-state index is 12.5. The Morgan fingerprint density at radius 1 is 1.04 bits per heavy atom. The highest BCUT2D eigenvalue weighted by molar-refractivity contribution is 7.98. The number of thioether (sulfide) groups is 1. The van der Waals surface area contributed by atoms with Crippen molar-refractivity contribution in [3.63, 3.8) is 0 Å². The Bertz CT molecular complexity index is 884. The molecule has 0 saturated carbocycles. The molecule has 27 heavy (non-hydrogen) atoms. The zero-order valence-electron chi connectivity index (χ0n) is 14.2. The summed E-state index contributed by atoms with van der Waals surface area (Å²) in [7, 11) is 0. The van der Waals surface area contributed by atoms with E-state index in [1.54, 1.807) is 36.0 Å². The van der Waals surface area contributed by atoms with Crippen molar-refractivity contribution >= 4 is 17.7 Å². The van der Waals surface area contributed by atoms with Crippen LogP contribution in [0.3, 0.4) is 0 Å². The minimum Gasteiger partial charge on any atom is -0.459 e. The SMILES string of the molecule is O=C(NCc1ccccc1OC(F)F)c1occc1CSc1ccccc1. The average molecular weight is 389 g/mol. The van der Waals surface area contributed by atoms with E-state index in [0.717, 1.165) is 10.5 Å². The van der Waals surface area contributed by atoms with Crippen LogP contribution < -0.4 is 10.1 Å². The van der Waals surface area contributed by atoms with Gasteiger partial charge in [0.2, 0.25) is 0 Å². The Balaban J connectivity index is 1.62. The summed E-state index contributed by atoms with van der Waals surface area (Å²) < 4.78 is 34.7. The predicted octanol–water partition coefficient (Wildman–Crippen LogP) is 5.10. The van der Waals surface area contributed by atoms with Gasteiger partial charge in [0.25, 0.3) is 5.91 Å². The summed E-state index contributed by atoms with van der Waals surface area (Å²) in [6.45, 7) is -2.87. The van der Waals surface area contributed by atoms with Crippen molar-refractivity contribution in [1.82, 2.24) is 5.32 Å². The number of carbonyl (C=O) groups excluding carboxylic acids is 1. The third kappa shape index (κ3) is 5.34. The average Bonchev–Trinajstić information content (AvgIpc) is 3.14. The molecule has 0 unspecified atom stereocenters. The Morgan fingerprint density at radius 3 is 2.56 bits per heavy atom. The number of hydrogen-bond acceptors (Lipinski definition) is 4. The second-order valence-corrected chi connectivity index (χ2v) is 6.59. The second kappa shape index (κ2) is 9.23. The third-order valence-electron chi connectivity index (χ3n) is 3.72. The number of nitrogens with one attached hydrogen (secondary N) is 1. The number of benzene rings is 2. The van der Waals surface area contributed by atoms with Crippen LogP contribution in [0, 0.1) is 0 Å². The lowest BCUT2D eigenvalue weighted by molar-refractivity contribution is -0.0504. The molecule has 0 saturated heterocycles. The molecule has 0 fully saturated rings. The standard InChI is InChI=1S/C20H17F2NO3S/c21-20(22)26-17-9-5-4-6-14(17)12-23-19(24)18-15(10-11-25-18)13-27-16-7-2-1-3-8-16/h1-11,20H,12-13H2,(H,23,24). The molecule has 4 nitrogen and oxygen atoms in total. The van der Waals surface area contributed by atoms with Gasteiger partial charge in [-0.25, -0.2) is 0 Å². The first-order valence-electron chi connectivity index (χ1n) is 8.18. The molecule has 1 N–H and O–H groups in total. The van der Waals surface area contributed by atoms with E-state index in [1.807, 2.05) is 30.3 Å². The maximum Gasteiger partial charge on any atom is 0.387 e. The van der Waals surface area contributed by atoms with Gasteiger partial charge in [-0.1, -0.05) is 36.4 Å². The van der Waals surface area contributed by atoms with Gasteiger partial charge in [0.1, 0.15) is 5.75 Å². The largest absolute Gasteiger partial charge is 0.459 e. The predicted molar refractivity (Wildman–Crippen MR) is 99.0 cm³/mol. The van der Waals surface area contributed by atoms with Crippen molar-refractivity contribution < 1.29 is 22.7 Å². The number of furan rings is 1. The number of para-hydroxylation sites is 1. The third-order valence-corrected chi connectivity index (χ3v) is 4.78. The van der Waals surface area contributed by atoms with Crippen molar-refractivity contribution in [2.75, 3.05) is 0 Å². The Hall–Kier alpha value is -2.80. The van der Waals surface area contributed by atoms with Crippen LogP contribution in [0.25, 0.3) is 0 Å². The fraction of sp³-hybridized carbons (Fsp3) is 0.150. The van der Waals surface area contributed by atoms with Crippen LogP contribution in [0.5, 0.6) is 5.75 Å². The Labute approximate surface area is 159 Å². The fourth-order valence-corrected chi connectivity index (χ4v) is 3.34. The topological polar surface area (TPSA) is 51.5 Å². The van der Waals surface area contributed by atoms with Crippen molar-refractivity contribution in [1.29, 1.82) is 0 Å². The van der Waals surface area contributed by atoms with E-state index in [-0.39, 0.29) is 18.1 Å². The monoisotopic (exact) mass is 389 g/mol. The van der Waals surface area contributed by atoms with Crippen LogP contribution in [-0.2, 0) is 12.3 Å². The highest BCUT2D eigenvalue weighted by atomic mass is 32.2. The zero-order chi connectivity index (χ0) is 19.1. The van der Waals surface area contributed by atoms with Crippen molar-refractivity contribution in [3.05, 3.63) is 83.8 Å². The van der Waals surface area contributed by atoms with E-state index < -0.39 is 12.5 Å². The lowest BCUT2D eigenvalue weighted by Crippen LogP contribution is -2.23. The van der Waals surface area contributed by atoms with E-state index in [0.29, 0.717) is 11.3 Å². The number of hydrogen-bond donors (Lipinski definition) is 1. The minimum absolute atomic E-state index is 0.0344. The lowest BCUT2D eigenvalue weighted by Gasteiger charge is -2.11. The van der Waals surface area contributed by atoms with Gasteiger partial charge in [-0.15, -0.1) is 11.8 Å². The number of alkyl halides is 2. The van der Waals surface area contributed by atoms with Gasteiger partial charge in [0.15, 0.2) is 5.76 Å². The number of halogens is 2. The normalized spacial score (nSPS) is 10.8. The molecule has 1 aromatic heterocycles. The van der Waals surface area contributed by atoms with Gasteiger partial charge < -0.3 is 14.5 Å². The molecule has 140 valence electrons. The molecule has 0 aliphatic rings. The van der Waals surface area contributed by atoms with Crippen LogP contribution in [-0.4, -0.2) is 12.5 Å². The Kier molecular flexibility index (Phi) is 6.49. The summed E-state index contributed by atoms with van der Waals surface area (Å²) in [5.41, 5.74) is 1.22. The zero-order valence-corrected chi connectivity index (χ0v) is 15.0. The van der Waals surface area contributed by atoms with Crippen LogP contribution >= 0.6 is 11.8 Å². The molecule has 0 aliphatic carbocycles. The van der Waals surface area contributed by atoms with Crippen LogP contribution in [0.15, 0.2) is 76.2 Å². The van der Waals surface area contributed by atoms with E-state index in [1.165, 1.54) is 12.3 Å². The highest BCUT2D eigenvalue weighted by Gasteiger charge is 2.16. The molecule has 2 aromatic carbocycles. The summed E-state index contributed by atoms with van der Waals surface area (Å²) in [5, 5.41) is 2.69. The molecule has 0 radical (unpaired) electrons. The maximum atomic E-state index is 12.5. The van der Waals surface area contributed by atoms with Gasteiger partial charge in [0.05, 0.1) is 6.26 Å². The molecule has 3 rings (SSSR count). The van der Waals surface area contributed by atoms with E-state index in [9.17, 15) is 13.6 Å². The van der Waals surface area contributed by atoms with Gasteiger partial charge in [-0.05, 0) is 24.3 Å². The minimum atomic E-state index is -2.92. The van der Waals surface area contributed by atoms with Gasteiger partial charge in [0, 0.05) is 28.3 Å². The van der Waals surface area contributed by atoms with Gasteiger partial charge in [-0.2, -0.15) is 8.78 Å². The Morgan fingerprint density at radius 2 is 1.78 bits per heavy atom. The highest BCUT2D eigenvalue weighted by Crippen LogP contribution is 2.25. The molecule has 0 atom stereocenters. The molecule has 1 heterocycles. The molecule has 7 heteroatoms. The molecule has 1 amide bonds. The van der Waals surface area contributed by atoms with Crippen molar-refractivity contribution in [3.8, 4) is 5.75 Å². The van der Waals surface area contributed by atoms with Gasteiger partial charge >= 0.3 is 6.61 Å². The van der Waals surface area contributed by atoms with E-state index in [4.69, 9.17) is 4.42 Å². The summed E-state index contributed by atoms with van der Waals surface area (Å²) >= 11 is 1.59. The molecular weight excluding hydrogens is 372 g/mol. The molecular formula is C20H17F2NO3S. The van der Waals surface area contributed by atoms with Crippen LogP contribution in [0.4, 0.5) is 8.78 Å². The lowest BCUT2D eigenvalue weighted by atomic mass is 10.2. The first kappa shape index (κ1) is 19.0. The number of amides is 1. The van der Waals surface area contributed by atoms with Gasteiger partial charge in [-0.3, -0.25) is 4.79 Å². The summed E-state index contributed by atoms with van der Waals surface area (Å²) in [6, 6.07) is 17.9. The molecule has 0 spiro atoms. The molecule has 3 aromatic rings. The number of ether oxygens (including phenoxy) is 1. The second-order valence-electron chi connectivity index (χ2n) is 5.55. The summed E-state index contributed by atoms with van der Waals surface area (Å²) in [4.78, 5) is 13.5. The van der Waals surface area contributed by atoms with E-state index in [2.05, 4.69) is 10.1 Å². The van der Waals surface area contributed by atoms with Crippen LogP contribution in [0.1, 0.15) is 21.7 Å². The first-order chi connectivity index (χ1) is 13.1. The van der Waals surface area contributed by atoms with Crippen molar-refractivity contribution in [2.45, 2.75) is 23.8 Å².